The molecule has 8 heteroatoms. The molecular weight excluding hydrogens is 661 g/mol. The molecule has 53 heavy (non-hydrogen) atoms. The minimum Gasteiger partial charge on any atom is -0.469 e. The molecule has 0 atom stereocenters. The van der Waals surface area contributed by atoms with Crippen molar-refractivity contribution in [3.63, 3.8) is 0 Å². The first-order chi connectivity index (χ1) is 25.6. The summed E-state index contributed by atoms with van der Waals surface area (Å²) in [4.78, 5) is 36.4. The highest BCUT2D eigenvalue weighted by molar-refractivity contribution is 6.06. The zero-order chi connectivity index (χ0) is 37.6. The second kappa shape index (κ2) is 14.3. The maximum Gasteiger partial charge on any atom is 0.305 e. The molecule has 2 aliphatic heterocycles. The smallest absolute Gasteiger partial charge is 0.305 e. The third-order valence-corrected chi connectivity index (χ3v) is 12.1. The quantitative estimate of drug-likeness (QED) is 0.110. The lowest BCUT2D eigenvalue weighted by Gasteiger charge is -2.29. The summed E-state index contributed by atoms with van der Waals surface area (Å²) in [5.41, 5.74) is 15.8. The SMILES string of the molecule is CCc1c2[nH]c(c1CC)-c1c3c(cc4ccccc14)C(CC)(CC)C(=Cc1[nH]c(c(CCC(=O)OC)c1C)C=c1[nH]c(c(C)c1CCC(=O)OC)=C2)N3. The van der Waals surface area contributed by atoms with E-state index in [1.165, 1.54) is 58.6 Å². The Balaban J connectivity index is 1.63. The summed E-state index contributed by atoms with van der Waals surface area (Å²) >= 11 is 0. The first kappa shape index (κ1) is 36.1. The summed E-state index contributed by atoms with van der Waals surface area (Å²) in [7, 11) is 2.87. The molecule has 0 radical (unpaired) electrons. The zero-order valence-electron chi connectivity index (χ0n) is 32.4. The zero-order valence-corrected chi connectivity index (χ0v) is 32.4. The molecule has 0 aliphatic carbocycles. The van der Waals surface area contributed by atoms with Gasteiger partial charge in [-0.1, -0.05) is 52.0 Å². The molecule has 5 aromatic rings. The van der Waals surface area contributed by atoms with Crippen LogP contribution in [0.25, 0.3) is 40.3 Å². The molecule has 0 spiro atoms. The van der Waals surface area contributed by atoms with Gasteiger partial charge in [0, 0.05) is 57.3 Å². The minimum atomic E-state index is -0.243. The fourth-order valence-electron chi connectivity index (χ4n) is 9.06. The van der Waals surface area contributed by atoms with Crippen LogP contribution in [0.5, 0.6) is 0 Å². The van der Waals surface area contributed by atoms with E-state index in [1.54, 1.807) is 0 Å². The molecule has 7 rings (SSSR count). The number of carbonyl (C=O) groups is 2. The first-order valence-corrected chi connectivity index (χ1v) is 19.2. The van der Waals surface area contributed by atoms with Gasteiger partial charge in [0.15, 0.2) is 0 Å². The molecule has 0 fully saturated rings. The Morgan fingerprint density at radius 3 is 2.00 bits per heavy atom. The van der Waals surface area contributed by atoms with Crippen molar-refractivity contribution in [2.75, 3.05) is 19.5 Å². The van der Waals surface area contributed by atoms with Crippen LogP contribution < -0.4 is 16.0 Å². The number of aromatic nitrogens is 3. The largest absolute Gasteiger partial charge is 0.469 e. The fraction of sp³-hybridized carbons (Fsp3) is 0.378. The number of esters is 2. The van der Waals surface area contributed by atoms with Crippen LogP contribution in [0.2, 0.25) is 0 Å². The van der Waals surface area contributed by atoms with Gasteiger partial charge in [-0.3, -0.25) is 9.59 Å². The lowest BCUT2D eigenvalue weighted by molar-refractivity contribution is -0.141. The number of ether oxygens (including phenoxy) is 2. The average molecular weight is 713 g/mol. The Kier molecular flexibility index (Phi) is 9.75. The van der Waals surface area contributed by atoms with E-state index in [-0.39, 0.29) is 30.2 Å². The molecule has 4 N–H and O–H groups in total. The van der Waals surface area contributed by atoms with E-state index >= 15 is 0 Å². The number of anilines is 1. The number of fused-ring (bicyclic) bond motifs is 10. The number of rotatable bonds is 10. The van der Waals surface area contributed by atoms with Gasteiger partial charge in [-0.15, -0.1) is 0 Å². The standard InChI is InChI=1S/C45H52N4O4/c1-9-28-29(10-2)43-42-32-16-14-13-15-27(32)21-33-44(42)49-39(45(33,11-3)12-4)24-35-26(6)31(18-20-41(51)53-8)38(47-35)23-37-30(17-19-40(50)52-7)25(5)34(46-37)22-36(28)48-43/h13-16,21-24,46-49H,9-12,17-20H2,1-8H3. The molecule has 2 aliphatic rings. The maximum atomic E-state index is 12.5. The van der Waals surface area contributed by atoms with Crippen molar-refractivity contribution in [1.29, 1.82) is 0 Å². The van der Waals surface area contributed by atoms with Gasteiger partial charge < -0.3 is 29.7 Å². The van der Waals surface area contributed by atoms with Crippen molar-refractivity contribution in [3.05, 3.63) is 103 Å². The van der Waals surface area contributed by atoms with Crippen molar-refractivity contribution in [1.82, 2.24) is 15.0 Å². The van der Waals surface area contributed by atoms with Crippen molar-refractivity contribution in [2.45, 2.75) is 98.3 Å². The third-order valence-electron chi connectivity index (χ3n) is 12.1. The average Bonchev–Trinajstić information content (AvgIpc) is 3.86. The Labute approximate surface area is 311 Å². The molecule has 276 valence electrons. The summed E-state index contributed by atoms with van der Waals surface area (Å²) < 4.78 is 10.1. The molecule has 2 aromatic carbocycles. The highest BCUT2D eigenvalue weighted by atomic mass is 16.5. The molecule has 8 bridgehead atoms. The second-order valence-corrected chi connectivity index (χ2v) is 14.5. The van der Waals surface area contributed by atoms with E-state index in [9.17, 15) is 9.59 Å². The Bertz CT molecular complexity index is 2410. The van der Waals surface area contributed by atoms with Crippen LogP contribution in [-0.2, 0) is 50.2 Å². The van der Waals surface area contributed by atoms with E-state index in [4.69, 9.17) is 9.47 Å². The first-order valence-electron chi connectivity index (χ1n) is 19.2. The van der Waals surface area contributed by atoms with Gasteiger partial charge in [0.1, 0.15) is 0 Å². The lowest BCUT2D eigenvalue weighted by Crippen LogP contribution is -2.24. The Morgan fingerprint density at radius 1 is 0.698 bits per heavy atom. The molecule has 0 unspecified atom stereocenters. The number of allylic oxidation sites excluding steroid dienone is 1. The number of benzene rings is 2. The van der Waals surface area contributed by atoms with E-state index in [0.29, 0.717) is 12.8 Å². The number of aromatic amines is 3. The van der Waals surface area contributed by atoms with Crippen LogP contribution in [0.3, 0.4) is 0 Å². The lowest BCUT2D eigenvalue weighted by atomic mass is 9.73. The van der Waals surface area contributed by atoms with Crippen molar-refractivity contribution < 1.29 is 19.1 Å². The predicted octanol–water partition coefficient (Wildman–Crippen LogP) is 7.94. The number of H-pyrrole nitrogens is 3. The molecule has 0 saturated heterocycles. The molecule has 5 heterocycles. The summed E-state index contributed by atoms with van der Waals surface area (Å²) in [6, 6.07) is 11.2. The summed E-state index contributed by atoms with van der Waals surface area (Å²) in [6.07, 6.45) is 11.9. The van der Waals surface area contributed by atoms with Crippen LogP contribution in [0, 0.1) is 13.8 Å². The van der Waals surface area contributed by atoms with Gasteiger partial charge in [0.05, 0.1) is 25.6 Å². The molecule has 0 saturated carbocycles. The molecule has 3 aromatic heterocycles. The van der Waals surface area contributed by atoms with Crippen molar-refractivity contribution in [2.24, 2.45) is 0 Å². The van der Waals surface area contributed by atoms with Gasteiger partial charge in [-0.05, 0) is 126 Å². The highest BCUT2D eigenvalue weighted by Crippen LogP contribution is 2.55. The topological polar surface area (TPSA) is 112 Å². The van der Waals surface area contributed by atoms with Crippen LogP contribution in [-0.4, -0.2) is 41.1 Å². The van der Waals surface area contributed by atoms with Gasteiger partial charge in [0.25, 0.3) is 0 Å². The number of carbonyl (C=O) groups excluding carboxylic acids is 2. The second-order valence-electron chi connectivity index (χ2n) is 14.5. The van der Waals surface area contributed by atoms with E-state index in [1.807, 2.05) is 0 Å². The van der Waals surface area contributed by atoms with Gasteiger partial charge in [-0.2, -0.15) is 0 Å². The van der Waals surface area contributed by atoms with Gasteiger partial charge in [0.2, 0.25) is 0 Å². The number of nitrogens with one attached hydrogen (secondary N) is 4. The maximum absolute atomic E-state index is 12.5. The van der Waals surface area contributed by atoms with Crippen LogP contribution in [0.15, 0.2) is 36.0 Å². The minimum absolute atomic E-state index is 0.233. The van der Waals surface area contributed by atoms with Crippen LogP contribution in [0.4, 0.5) is 5.69 Å². The monoisotopic (exact) mass is 712 g/mol. The van der Waals surface area contributed by atoms with Crippen LogP contribution in [0.1, 0.15) is 109 Å². The highest BCUT2D eigenvalue weighted by Gasteiger charge is 2.43. The van der Waals surface area contributed by atoms with E-state index < -0.39 is 0 Å². The van der Waals surface area contributed by atoms with Gasteiger partial charge in [-0.25, -0.2) is 0 Å². The molecule has 0 amide bonds. The molecule has 8 nitrogen and oxygen atoms in total. The summed E-state index contributed by atoms with van der Waals surface area (Å²) in [5, 5.41) is 8.41. The predicted molar refractivity (Wildman–Crippen MR) is 214 cm³/mol. The van der Waals surface area contributed by atoms with Crippen molar-refractivity contribution >= 4 is 46.6 Å². The van der Waals surface area contributed by atoms with E-state index in [2.05, 4.69) is 110 Å². The number of hydrogen-bond acceptors (Lipinski definition) is 5. The number of hydrogen-bond donors (Lipinski definition) is 4. The molecular formula is C45H52N4O4. The normalized spacial score (nSPS) is 14.0. The Hall–Kier alpha value is -5.24. The van der Waals surface area contributed by atoms with Crippen LogP contribution >= 0.6 is 0 Å². The summed E-state index contributed by atoms with van der Waals surface area (Å²) in [6.45, 7) is 13.3. The van der Waals surface area contributed by atoms with Crippen molar-refractivity contribution in [3.8, 4) is 11.3 Å². The number of methoxy groups -OCH3 is 2. The Morgan fingerprint density at radius 2 is 1.34 bits per heavy atom. The third kappa shape index (κ3) is 5.92. The van der Waals surface area contributed by atoms with E-state index in [0.717, 1.165) is 81.4 Å². The summed E-state index contributed by atoms with van der Waals surface area (Å²) in [5.74, 6) is -0.486. The van der Waals surface area contributed by atoms with Gasteiger partial charge >= 0.3 is 11.9 Å². The fourth-order valence-corrected chi connectivity index (χ4v) is 9.06.